The fraction of sp³-hybridized carbons (Fsp3) is 0.292. The van der Waals surface area contributed by atoms with Crippen LogP contribution in [0.15, 0.2) is 73.4 Å². The topological polar surface area (TPSA) is 56.9 Å². The monoisotopic (exact) mass is 424 g/mol. The molecular formula is C24H32N4OS. The van der Waals surface area contributed by atoms with Crippen LogP contribution < -0.4 is 4.74 Å². The quantitative estimate of drug-likeness (QED) is 0.246. The molecule has 0 bridgehead atoms. The summed E-state index contributed by atoms with van der Waals surface area (Å²) in [6.07, 6.45) is 8.61. The molecule has 0 amide bonds. The minimum Gasteiger partial charge on any atom is -0.493 e. The molecule has 30 heavy (non-hydrogen) atoms. The second-order valence-electron chi connectivity index (χ2n) is 6.33. The molecule has 0 aliphatic carbocycles. The lowest BCUT2D eigenvalue weighted by molar-refractivity contribution is 0.262. The number of thiophene rings is 1. The molecule has 0 aliphatic heterocycles. The van der Waals surface area contributed by atoms with Gasteiger partial charge in [0.25, 0.3) is 0 Å². The first-order valence-electron chi connectivity index (χ1n) is 10.3. The molecule has 0 unspecified atom stereocenters. The van der Waals surface area contributed by atoms with Gasteiger partial charge in [-0.1, -0.05) is 26.0 Å². The molecule has 0 radical (unpaired) electrons. The maximum absolute atomic E-state index is 5.79. The molecule has 0 atom stereocenters. The number of nitrogens with zero attached hydrogens (tertiary/aromatic N) is 2. The number of nitrogens with one attached hydrogen (secondary N) is 2. The fourth-order valence-electron chi connectivity index (χ4n) is 2.89. The lowest BCUT2D eigenvalue weighted by Crippen LogP contribution is -2.26. The second-order valence-corrected chi connectivity index (χ2v) is 7.28. The Morgan fingerprint density at radius 3 is 2.63 bits per heavy atom. The largest absolute Gasteiger partial charge is 0.493 e. The van der Waals surface area contributed by atoms with Gasteiger partial charge in [-0.15, -0.1) is 24.5 Å². The van der Waals surface area contributed by atoms with Crippen LogP contribution in [0.5, 0.6) is 5.75 Å². The summed E-state index contributed by atoms with van der Waals surface area (Å²) in [6, 6.07) is 10.2. The van der Waals surface area contributed by atoms with E-state index >= 15 is 0 Å². The molecule has 160 valence electrons. The first-order chi connectivity index (χ1) is 14.8. The fourth-order valence-corrected chi connectivity index (χ4v) is 3.60. The highest BCUT2D eigenvalue weighted by molar-refractivity contribution is 7.17. The van der Waals surface area contributed by atoms with Crippen molar-refractivity contribution in [3.8, 4) is 5.75 Å². The summed E-state index contributed by atoms with van der Waals surface area (Å²) in [5.41, 5.74) is 2.25. The molecular weight excluding hydrogens is 392 g/mol. The number of aromatic amines is 2. The summed E-state index contributed by atoms with van der Waals surface area (Å²) in [7, 11) is 0. The zero-order valence-electron chi connectivity index (χ0n) is 17.9. The summed E-state index contributed by atoms with van der Waals surface area (Å²) in [5, 5.41) is 9.96. The van der Waals surface area contributed by atoms with Crippen LogP contribution in [-0.2, 0) is 0 Å². The Morgan fingerprint density at radius 1 is 1.10 bits per heavy atom. The second kappa shape index (κ2) is 13.4. The minimum absolute atomic E-state index is 0.719. The summed E-state index contributed by atoms with van der Waals surface area (Å²) in [4.78, 5) is 5.48. The van der Waals surface area contributed by atoms with Crippen LogP contribution in [-0.4, -0.2) is 46.3 Å². The van der Waals surface area contributed by atoms with Crippen molar-refractivity contribution in [2.75, 3.05) is 26.2 Å². The van der Waals surface area contributed by atoms with Crippen LogP contribution in [0.25, 0.3) is 21.1 Å². The number of benzene rings is 1. The Bertz CT molecular complexity index is 940. The van der Waals surface area contributed by atoms with Gasteiger partial charge in [-0.25, -0.2) is 0 Å². The van der Waals surface area contributed by atoms with E-state index in [1.165, 1.54) is 10.1 Å². The lowest BCUT2D eigenvalue weighted by Gasteiger charge is -2.18. The summed E-state index contributed by atoms with van der Waals surface area (Å²) >= 11 is 1.70. The Kier molecular flexibility index (Phi) is 10.5. The van der Waals surface area contributed by atoms with Gasteiger partial charge in [0.1, 0.15) is 5.75 Å². The van der Waals surface area contributed by atoms with E-state index in [0.717, 1.165) is 49.4 Å². The van der Waals surface area contributed by atoms with Crippen molar-refractivity contribution in [3.05, 3.63) is 73.4 Å². The molecule has 3 heterocycles. The molecule has 4 rings (SSSR count). The van der Waals surface area contributed by atoms with E-state index in [1.807, 2.05) is 62.0 Å². The van der Waals surface area contributed by atoms with Gasteiger partial charge >= 0.3 is 0 Å². The number of rotatable bonds is 9. The third kappa shape index (κ3) is 7.21. The predicted octanol–water partition coefficient (Wildman–Crippen LogP) is 6.26. The van der Waals surface area contributed by atoms with Gasteiger partial charge in [0.05, 0.1) is 23.0 Å². The van der Waals surface area contributed by atoms with E-state index in [9.17, 15) is 0 Å². The smallest absolute Gasteiger partial charge is 0.121 e. The van der Waals surface area contributed by atoms with Gasteiger partial charge < -0.3 is 9.72 Å². The number of H-pyrrole nitrogens is 2. The normalized spacial score (nSPS) is 10.2. The molecule has 0 saturated heterocycles. The third-order valence-electron chi connectivity index (χ3n) is 4.25. The summed E-state index contributed by atoms with van der Waals surface area (Å²) in [6.45, 7) is 15.0. The maximum atomic E-state index is 5.79. The van der Waals surface area contributed by atoms with Crippen molar-refractivity contribution < 1.29 is 4.74 Å². The van der Waals surface area contributed by atoms with Crippen LogP contribution in [0.3, 0.4) is 0 Å². The van der Waals surface area contributed by atoms with E-state index < -0.39 is 0 Å². The first-order valence-corrected chi connectivity index (χ1v) is 11.2. The van der Waals surface area contributed by atoms with E-state index in [0.29, 0.717) is 0 Å². The molecule has 0 spiro atoms. The number of fused-ring (bicyclic) bond motifs is 2. The zero-order valence-corrected chi connectivity index (χ0v) is 18.8. The lowest BCUT2D eigenvalue weighted by atomic mass is 10.2. The van der Waals surface area contributed by atoms with Crippen molar-refractivity contribution in [2.24, 2.45) is 0 Å². The molecule has 4 aromatic rings. The Morgan fingerprint density at radius 2 is 1.90 bits per heavy atom. The molecule has 2 N–H and O–H groups in total. The van der Waals surface area contributed by atoms with Crippen LogP contribution in [0.2, 0.25) is 0 Å². The molecule has 1 aromatic carbocycles. The Labute approximate surface area is 183 Å². The van der Waals surface area contributed by atoms with E-state index in [4.69, 9.17) is 4.74 Å². The van der Waals surface area contributed by atoms with Gasteiger partial charge in [-0.3, -0.25) is 10.00 Å². The average Bonchev–Trinajstić information content (AvgIpc) is 3.50. The van der Waals surface area contributed by atoms with Gasteiger partial charge in [0.15, 0.2) is 0 Å². The number of ether oxygens (including phenoxy) is 1. The number of hydrogen-bond donors (Lipinski definition) is 2. The SMILES string of the molecule is C=CCN(CC=C)CCCOc1ccc2cc[nH]c2c1.CC.c1cc2[nH]ncc2s1. The van der Waals surface area contributed by atoms with Crippen LogP contribution in [0, 0.1) is 0 Å². The highest BCUT2D eigenvalue weighted by atomic mass is 32.1. The molecule has 5 nitrogen and oxygen atoms in total. The van der Waals surface area contributed by atoms with Gasteiger partial charge in [-0.05, 0) is 41.5 Å². The van der Waals surface area contributed by atoms with Crippen molar-refractivity contribution in [2.45, 2.75) is 20.3 Å². The average molecular weight is 425 g/mol. The molecule has 0 aliphatic rings. The highest BCUT2D eigenvalue weighted by Gasteiger charge is 2.01. The summed E-state index contributed by atoms with van der Waals surface area (Å²) < 4.78 is 7.02. The minimum atomic E-state index is 0.719. The predicted molar refractivity (Wildman–Crippen MR) is 131 cm³/mol. The van der Waals surface area contributed by atoms with E-state index in [2.05, 4.69) is 45.4 Å². The molecule has 3 aromatic heterocycles. The highest BCUT2D eigenvalue weighted by Crippen LogP contribution is 2.19. The Hall–Kier alpha value is -2.83. The first kappa shape index (κ1) is 23.4. The number of aromatic nitrogens is 3. The molecule has 0 saturated carbocycles. The zero-order chi connectivity index (χ0) is 21.6. The summed E-state index contributed by atoms with van der Waals surface area (Å²) in [5.74, 6) is 0.916. The molecule has 6 heteroatoms. The van der Waals surface area contributed by atoms with Gasteiger partial charge in [0.2, 0.25) is 0 Å². The van der Waals surface area contributed by atoms with Gasteiger partial charge in [0, 0.05) is 37.4 Å². The van der Waals surface area contributed by atoms with Crippen molar-refractivity contribution in [3.63, 3.8) is 0 Å². The van der Waals surface area contributed by atoms with Crippen LogP contribution >= 0.6 is 11.3 Å². The number of hydrogen-bond acceptors (Lipinski definition) is 4. The van der Waals surface area contributed by atoms with Crippen molar-refractivity contribution in [1.82, 2.24) is 20.1 Å². The Balaban J connectivity index is 0.000000263. The van der Waals surface area contributed by atoms with Crippen LogP contribution in [0.4, 0.5) is 0 Å². The maximum Gasteiger partial charge on any atom is 0.121 e. The van der Waals surface area contributed by atoms with Crippen molar-refractivity contribution >= 4 is 32.5 Å². The van der Waals surface area contributed by atoms with E-state index in [-0.39, 0.29) is 0 Å². The van der Waals surface area contributed by atoms with E-state index in [1.54, 1.807) is 11.3 Å². The third-order valence-corrected chi connectivity index (χ3v) is 5.10. The molecule has 0 fully saturated rings. The van der Waals surface area contributed by atoms with Gasteiger partial charge in [-0.2, -0.15) is 5.10 Å². The van der Waals surface area contributed by atoms with Crippen molar-refractivity contribution in [1.29, 1.82) is 0 Å². The van der Waals surface area contributed by atoms with Crippen LogP contribution in [0.1, 0.15) is 20.3 Å². The standard InChI is InChI=1S/C17H22N2O.C5H4N2S.C2H6/c1-3-10-19(11-4-2)12-5-13-20-16-7-6-15-8-9-18-17(15)14-16;1-2-8-5-3-6-7-4(1)5;1-2/h3-4,6-9,14,18H,1-2,5,10-13H2;1-3H,(H,6,7);1-2H3.